The summed E-state index contributed by atoms with van der Waals surface area (Å²) < 4.78 is 5.47. The Balaban J connectivity index is 2.01. The summed E-state index contributed by atoms with van der Waals surface area (Å²) in [5.41, 5.74) is 0. The summed E-state index contributed by atoms with van der Waals surface area (Å²) >= 11 is 0. The Hall–Kier alpha value is -0.770. The highest BCUT2D eigenvalue weighted by atomic mass is 16.5. The zero-order valence-electron chi connectivity index (χ0n) is 8.12. The summed E-state index contributed by atoms with van der Waals surface area (Å²) in [6, 6.07) is 0.451. The minimum Gasteiger partial charge on any atom is -0.379 e. The molecule has 2 aliphatic heterocycles. The average molecular weight is 183 g/mol. The number of hydrogen-bond donors (Lipinski definition) is 1. The molecule has 13 heavy (non-hydrogen) atoms. The first-order valence-electron chi connectivity index (χ1n) is 5.00. The Morgan fingerprint density at radius 3 is 3.31 bits per heavy atom. The Morgan fingerprint density at radius 1 is 1.62 bits per heavy atom. The van der Waals surface area contributed by atoms with E-state index in [2.05, 4.69) is 22.1 Å². The molecule has 0 radical (unpaired) electrons. The normalized spacial score (nSPS) is 29.5. The van der Waals surface area contributed by atoms with Gasteiger partial charge in [-0.05, 0) is 13.3 Å². The maximum atomic E-state index is 5.47. The van der Waals surface area contributed by atoms with E-state index in [4.69, 9.17) is 4.74 Å². The van der Waals surface area contributed by atoms with Gasteiger partial charge in [0, 0.05) is 19.7 Å². The number of rotatable bonds is 0. The van der Waals surface area contributed by atoms with E-state index in [1.54, 1.807) is 0 Å². The van der Waals surface area contributed by atoms with Crippen molar-refractivity contribution in [1.82, 2.24) is 10.2 Å². The van der Waals surface area contributed by atoms with Crippen LogP contribution >= 0.6 is 0 Å². The van der Waals surface area contributed by atoms with Crippen molar-refractivity contribution < 1.29 is 4.74 Å². The monoisotopic (exact) mass is 183 g/mol. The van der Waals surface area contributed by atoms with Gasteiger partial charge in [0.25, 0.3) is 0 Å². The Bertz CT molecular complexity index is 205. The summed E-state index contributed by atoms with van der Waals surface area (Å²) in [5, 5.41) is 3.30. The lowest BCUT2D eigenvalue weighted by atomic mass is 10.3. The van der Waals surface area contributed by atoms with Crippen molar-refractivity contribution in [1.29, 1.82) is 0 Å². The van der Waals surface area contributed by atoms with Crippen molar-refractivity contribution in [3.8, 4) is 0 Å². The van der Waals surface area contributed by atoms with Gasteiger partial charge in [-0.25, -0.2) is 0 Å². The molecule has 4 heteroatoms. The fraction of sp³-hybridized carbons (Fsp3) is 0.889. The van der Waals surface area contributed by atoms with E-state index in [9.17, 15) is 0 Å². The van der Waals surface area contributed by atoms with Crippen LogP contribution in [0, 0.1) is 0 Å². The van der Waals surface area contributed by atoms with Crippen LogP contribution in [0.3, 0.4) is 0 Å². The summed E-state index contributed by atoms with van der Waals surface area (Å²) in [7, 11) is 0. The van der Waals surface area contributed by atoms with Crippen LogP contribution in [0.15, 0.2) is 4.99 Å². The molecule has 1 saturated heterocycles. The minimum absolute atomic E-state index is 0.451. The maximum absolute atomic E-state index is 5.47. The molecule has 4 nitrogen and oxygen atoms in total. The lowest BCUT2D eigenvalue weighted by Gasteiger charge is -2.27. The molecule has 1 unspecified atom stereocenters. The zero-order valence-corrected chi connectivity index (χ0v) is 8.12. The third-order valence-electron chi connectivity index (χ3n) is 2.51. The molecule has 1 atom stereocenters. The molecular formula is C9H17N3O. The van der Waals surface area contributed by atoms with Gasteiger partial charge in [-0.2, -0.15) is 0 Å². The predicted octanol–water partition coefficient (Wildman–Crippen LogP) is 0.0564. The number of nitrogens with zero attached hydrogens (tertiary/aromatic N) is 2. The highest BCUT2D eigenvalue weighted by Gasteiger charge is 2.21. The molecule has 2 heterocycles. The maximum Gasteiger partial charge on any atom is 0.194 e. The van der Waals surface area contributed by atoms with Gasteiger partial charge in [-0.3, -0.25) is 4.99 Å². The van der Waals surface area contributed by atoms with Crippen LogP contribution in [-0.2, 0) is 4.74 Å². The topological polar surface area (TPSA) is 36.9 Å². The second-order valence-corrected chi connectivity index (χ2v) is 3.60. The summed E-state index contributed by atoms with van der Waals surface area (Å²) in [6.45, 7) is 6.86. The number of ether oxygens (including phenoxy) is 1. The largest absolute Gasteiger partial charge is 0.379 e. The molecular weight excluding hydrogens is 166 g/mol. The Kier molecular flexibility index (Phi) is 2.68. The van der Waals surface area contributed by atoms with Gasteiger partial charge in [0.15, 0.2) is 5.96 Å². The van der Waals surface area contributed by atoms with Crippen molar-refractivity contribution >= 4 is 5.96 Å². The average Bonchev–Trinajstić information content (AvgIpc) is 2.56. The van der Waals surface area contributed by atoms with E-state index in [1.807, 2.05) is 0 Å². The van der Waals surface area contributed by atoms with Crippen molar-refractivity contribution in [2.45, 2.75) is 19.4 Å². The second-order valence-electron chi connectivity index (χ2n) is 3.60. The lowest BCUT2D eigenvalue weighted by molar-refractivity contribution is 0.123. The van der Waals surface area contributed by atoms with Gasteiger partial charge in [0.1, 0.15) is 0 Å². The molecule has 0 spiro atoms. The Morgan fingerprint density at radius 2 is 2.54 bits per heavy atom. The van der Waals surface area contributed by atoms with Gasteiger partial charge < -0.3 is 15.0 Å². The van der Waals surface area contributed by atoms with Crippen molar-refractivity contribution in [2.75, 3.05) is 32.8 Å². The summed E-state index contributed by atoms with van der Waals surface area (Å²) in [6.07, 6.45) is 1.10. The van der Waals surface area contributed by atoms with Crippen molar-refractivity contribution in [3.63, 3.8) is 0 Å². The first kappa shape index (κ1) is 8.81. The van der Waals surface area contributed by atoms with Gasteiger partial charge >= 0.3 is 0 Å². The van der Waals surface area contributed by atoms with Crippen LogP contribution in [0.1, 0.15) is 13.3 Å². The third kappa shape index (κ3) is 1.94. The van der Waals surface area contributed by atoms with E-state index in [0.717, 1.165) is 45.2 Å². The van der Waals surface area contributed by atoms with Gasteiger partial charge in [0.05, 0.1) is 19.2 Å². The lowest BCUT2D eigenvalue weighted by Crippen LogP contribution is -2.45. The van der Waals surface area contributed by atoms with Crippen LogP contribution in [0.4, 0.5) is 0 Å². The van der Waals surface area contributed by atoms with Crippen LogP contribution in [-0.4, -0.2) is 49.7 Å². The quantitative estimate of drug-likeness (QED) is 0.577. The van der Waals surface area contributed by atoms with Crippen molar-refractivity contribution in [3.05, 3.63) is 0 Å². The number of nitrogens with one attached hydrogen (secondary N) is 1. The van der Waals surface area contributed by atoms with E-state index < -0.39 is 0 Å². The molecule has 0 amide bonds. The number of guanidine groups is 1. The first-order chi connectivity index (χ1) is 6.38. The number of hydrogen-bond acceptors (Lipinski definition) is 4. The van der Waals surface area contributed by atoms with Gasteiger partial charge in [-0.1, -0.05) is 0 Å². The van der Waals surface area contributed by atoms with Crippen LogP contribution in [0.25, 0.3) is 0 Å². The first-order valence-corrected chi connectivity index (χ1v) is 5.00. The fourth-order valence-corrected chi connectivity index (χ4v) is 1.79. The molecule has 0 aliphatic carbocycles. The second kappa shape index (κ2) is 3.96. The highest BCUT2D eigenvalue weighted by molar-refractivity contribution is 5.81. The van der Waals surface area contributed by atoms with Crippen LogP contribution in [0.2, 0.25) is 0 Å². The molecule has 1 fully saturated rings. The van der Waals surface area contributed by atoms with E-state index >= 15 is 0 Å². The van der Waals surface area contributed by atoms with Gasteiger partial charge in [0.2, 0.25) is 0 Å². The van der Waals surface area contributed by atoms with E-state index in [1.165, 1.54) is 0 Å². The zero-order chi connectivity index (χ0) is 9.10. The molecule has 0 aromatic heterocycles. The van der Waals surface area contributed by atoms with Crippen LogP contribution in [0.5, 0.6) is 0 Å². The molecule has 0 aromatic carbocycles. The predicted molar refractivity (Wildman–Crippen MR) is 51.9 cm³/mol. The van der Waals surface area contributed by atoms with Crippen molar-refractivity contribution in [2.24, 2.45) is 4.99 Å². The smallest absolute Gasteiger partial charge is 0.194 e. The van der Waals surface area contributed by atoms with E-state index in [0.29, 0.717) is 6.04 Å². The summed E-state index contributed by atoms with van der Waals surface area (Å²) in [5.74, 6) is 1.07. The molecule has 0 aromatic rings. The molecule has 0 bridgehead atoms. The van der Waals surface area contributed by atoms with E-state index in [-0.39, 0.29) is 0 Å². The fourth-order valence-electron chi connectivity index (χ4n) is 1.79. The molecule has 1 N–H and O–H groups in total. The molecule has 2 aliphatic rings. The number of aliphatic imine (C=N–C) groups is 1. The molecule has 74 valence electrons. The standard InChI is InChI=1S/C9H17N3O/c1-8-7-13-6-2-5-12(8)9-10-3-4-11-9/h8H,2-7H2,1H3,(H,10,11). The third-order valence-corrected chi connectivity index (χ3v) is 2.51. The van der Waals surface area contributed by atoms with Crippen LogP contribution < -0.4 is 5.32 Å². The van der Waals surface area contributed by atoms with Gasteiger partial charge in [-0.15, -0.1) is 0 Å². The SMILES string of the molecule is CC1COCCCN1C1=NCCN1. The molecule has 0 saturated carbocycles. The Labute approximate surface area is 79.0 Å². The highest BCUT2D eigenvalue weighted by Crippen LogP contribution is 2.08. The summed E-state index contributed by atoms with van der Waals surface area (Å²) in [4.78, 5) is 6.75. The minimum atomic E-state index is 0.451. The molecule has 2 rings (SSSR count).